The first-order chi connectivity index (χ1) is 14.4. The van der Waals surface area contributed by atoms with Crippen LogP contribution in [0.3, 0.4) is 0 Å². The summed E-state index contributed by atoms with van der Waals surface area (Å²) < 4.78 is 33.7. The van der Waals surface area contributed by atoms with Gasteiger partial charge in [0.05, 0.1) is 6.61 Å². The van der Waals surface area contributed by atoms with Crippen molar-refractivity contribution in [2.75, 3.05) is 51.3 Å². The number of hydrogen-bond acceptors (Lipinski definition) is 5. The van der Waals surface area contributed by atoms with Gasteiger partial charge in [-0.15, -0.1) is 0 Å². The van der Waals surface area contributed by atoms with E-state index in [0.717, 1.165) is 44.6 Å². The summed E-state index contributed by atoms with van der Waals surface area (Å²) in [6, 6.07) is 13.9. The maximum absolute atomic E-state index is 12.7. The van der Waals surface area contributed by atoms with Gasteiger partial charge in [0.1, 0.15) is 10.6 Å². The van der Waals surface area contributed by atoms with Crippen molar-refractivity contribution in [2.45, 2.75) is 31.6 Å². The Morgan fingerprint density at radius 1 is 1.03 bits per heavy atom. The molecule has 1 saturated heterocycles. The van der Waals surface area contributed by atoms with Gasteiger partial charge in [0, 0.05) is 38.4 Å². The summed E-state index contributed by atoms with van der Waals surface area (Å²) in [5, 5.41) is 0. The fraction of sp³-hybridized carbons (Fsp3) is 0.478. The molecule has 1 aliphatic heterocycles. The van der Waals surface area contributed by atoms with E-state index in [2.05, 4.69) is 45.8 Å². The molecule has 0 amide bonds. The highest BCUT2D eigenvalue weighted by molar-refractivity contribution is 7.89. The molecular weight excluding hydrogens is 398 g/mol. The number of anilines is 1. The quantitative estimate of drug-likeness (QED) is 0.619. The number of likely N-dealkylation sites (N-methyl/N-ethyl adjacent to an activating group) is 1. The van der Waals surface area contributed by atoms with Crippen LogP contribution in [0.5, 0.6) is 5.75 Å². The van der Waals surface area contributed by atoms with Crippen molar-refractivity contribution < 1.29 is 13.2 Å². The average Bonchev–Trinajstić information content (AvgIpc) is 2.74. The smallest absolute Gasteiger partial charge is 0.244 e. The molecule has 1 N–H and O–H groups in total. The van der Waals surface area contributed by atoms with Crippen LogP contribution in [0.25, 0.3) is 0 Å². The number of sulfonamides is 1. The normalized spacial score (nSPS) is 15.4. The van der Waals surface area contributed by atoms with E-state index in [1.165, 1.54) is 11.3 Å². The Morgan fingerprint density at radius 2 is 1.73 bits per heavy atom. The van der Waals surface area contributed by atoms with E-state index in [9.17, 15) is 8.42 Å². The lowest BCUT2D eigenvalue weighted by Crippen LogP contribution is -2.44. The van der Waals surface area contributed by atoms with E-state index in [-0.39, 0.29) is 4.90 Å². The SMILES string of the molecule is CCOc1ccc(C)cc1S(=O)(=O)NCCCc1ccc(N2CCN(C)CC2)cc1. The number of nitrogens with zero attached hydrogens (tertiary/aromatic N) is 2. The van der Waals surface area contributed by atoms with Crippen LogP contribution in [0.2, 0.25) is 0 Å². The Morgan fingerprint density at radius 3 is 2.40 bits per heavy atom. The van der Waals surface area contributed by atoms with Gasteiger partial charge in [-0.1, -0.05) is 18.2 Å². The molecule has 0 radical (unpaired) electrons. The van der Waals surface area contributed by atoms with Gasteiger partial charge in [0.15, 0.2) is 0 Å². The van der Waals surface area contributed by atoms with Crippen molar-refractivity contribution in [3.05, 3.63) is 53.6 Å². The first kappa shape index (κ1) is 22.6. The van der Waals surface area contributed by atoms with Crippen molar-refractivity contribution in [3.63, 3.8) is 0 Å². The van der Waals surface area contributed by atoms with Crippen LogP contribution in [0.4, 0.5) is 5.69 Å². The summed E-state index contributed by atoms with van der Waals surface area (Å²) in [4.78, 5) is 4.97. The largest absolute Gasteiger partial charge is 0.492 e. The summed E-state index contributed by atoms with van der Waals surface area (Å²) in [6.07, 6.45) is 1.57. The second kappa shape index (κ2) is 10.3. The van der Waals surface area contributed by atoms with E-state index in [4.69, 9.17) is 4.74 Å². The molecular formula is C23H33N3O3S. The molecule has 0 aromatic heterocycles. The number of hydrogen-bond donors (Lipinski definition) is 1. The van der Waals surface area contributed by atoms with Crippen LogP contribution in [-0.4, -0.2) is 59.7 Å². The molecule has 7 heteroatoms. The molecule has 164 valence electrons. The van der Waals surface area contributed by atoms with Crippen LogP contribution >= 0.6 is 0 Å². The summed E-state index contributed by atoms with van der Waals surface area (Å²) in [5.74, 6) is 0.398. The number of ether oxygens (including phenoxy) is 1. The molecule has 6 nitrogen and oxygen atoms in total. The van der Waals surface area contributed by atoms with Crippen LogP contribution in [0.1, 0.15) is 24.5 Å². The number of aryl methyl sites for hydroxylation is 2. The van der Waals surface area contributed by atoms with Gasteiger partial charge < -0.3 is 14.5 Å². The minimum atomic E-state index is -3.60. The first-order valence-corrected chi connectivity index (χ1v) is 12.1. The van der Waals surface area contributed by atoms with Crippen LogP contribution in [0.15, 0.2) is 47.4 Å². The molecule has 2 aromatic rings. The van der Waals surface area contributed by atoms with E-state index in [0.29, 0.717) is 18.9 Å². The van der Waals surface area contributed by atoms with Gasteiger partial charge in [0.2, 0.25) is 10.0 Å². The fourth-order valence-corrected chi connectivity index (χ4v) is 4.92. The van der Waals surface area contributed by atoms with Gasteiger partial charge >= 0.3 is 0 Å². The second-order valence-corrected chi connectivity index (χ2v) is 9.58. The predicted octanol–water partition coefficient (Wildman–Crippen LogP) is 3.06. The standard InChI is InChI=1S/C23H33N3O3S/c1-4-29-22-12-7-19(2)18-23(22)30(27,28)24-13-5-6-20-8-10-21(11-9-20)26-16-14-25(3)15-17-26/h7-12,18,24H,4-6,13-17H2,1-3H3. The van der Waals surface area contributed by atoms with Crippen molar-refractivity contribution in [1.82, 2.24) is 9.62 Å². The Kier molecular flexibility index (Phi) is 7.75. The molecule has 0 aliphatic carbocycles. The average molecular weight is 432 g/mol. The highest BCUT2D eigenvalue weighted by Gasteiger charge is 2.19. The maximum Gasteiger partial charge on any atom is 0.244 e. The van der Waals surface area contributed by atoms with Crippen molar-refractivity contribution in [2.24, 2.45) is 0 Å². The molecule has 2 aromatic carbocycles. The van der Waals surface area contributed by atoms with Gasteiger partial charge in [-0.05, 0) is 69.1 Å². The summed E-state index contributed by atoms with van der Waals surface area (Å²) in [7, 11) is -1.44. The summed E-state index contributed by atoms with van der Waals surface area (Å²) in [6.45, 7) is 8.83. The molecule has 1 heterocycles. The molecule has 1 fully saturated rings. The molecule has 1 aliphatic rings. The first-order valence-electron chi connectivity index (χ1n) is 10.6. The Labute approximate surface area is 180 Å². The lowest BCUT2D eigenvalue weighted by Gasteiger charge is -2.34. The molecule has 3 rings (SSSR count). The third kappa shape index (κ3) is 5.97. The van der Waals surface area contributed by atoms with E-state index >= 15 is 0 Å². The monoisotopic (exact) mass is 431 g/mol. The Hall–Kier alpha value is -2.09. The Bertz CT molecular complexity index is 921. The second-order valence-electron chi connectivity index (χ2n) is 7.84. The van der Waals surface area contributed by atoms with Crippen LogP contribution in [-0.2, 0) is 16.4 Å². The highest BCUT2D eigenvalue weighted by atomic mass is 32.2. The fourth-order valence-electron chi connectivity index (χ4n) is 3.61. The maximum atomic E-state index is 12.7. The highest BCUT2D eigenvalue weighted by Crippen LogP contribution is 2.25. The third-order valence-electron chi connectivity index (χ3n) is 5.43. The zero-order valence-corrected chi connectivity index (χ0v) is 19.0. The number of rotatable bonds is 9. The van der Waals surface area contributed by atoms with Crippen LogP contribution < -0.4 is 14.4 Å². The topological polar surface area (TPSA) is 61.9 Å². The molecule has 0 bridgehead atoms. The number of piperazine rings is 1. The summed E-state index contributed by atoms with van der Waals surface area (Å²) in [5.41, 5.74) is 3.37. The molecule has 0 atom stereocenters. The minimum absolute atomic E-state index is 0.209. The number of nitrogens with one attached hydrogen (secondary N) is 1. The molecule has 0 unspecified atom stereocenters. The van der Waals surface area contributed by atoms with E-state index in [1.54, 1.807) is 12.1 Å². The van der Waals surface area contributed by atoms with E-state index < -0.39 is 10.0 Å². The molecule has 30 heavy (non-hydrogen) atoms. The summed E-state index contributed by atoms with van der Waals surface area (Å²) >= 11 is 0. The van der Waals surface area contributed by atoms with Crippen LogP contribution in [0, 0.1) is 6.92 Å². The zero-order chi connectivity index (χ0) is 21.6. The van der Waals surface area contributed by atoms with E-state index in [1.807, 2.05) is 19.9 Å². The van der Waals surface area contributed by atoms with Gasteiger partial charge in [-0.25, -0.2) is 13.1 Å². The van der Waals surface area contributed by atoms with Gasteiger partial charge in [-0.3, -0.25) is 0 Å². The van der Waals surface area contributed by atoms with Crippen molar-refractivity contribution in [1.29, 1.82) is 0 Å². The third-order valence-corrected chi connectivity index (χ3v) is 6.91. The number of benzene rings is 2. The zero-order valence-electron chi connectivity index (χ0n) is 18.2. The lowest BCUT2D eigenvalue weighted by molar-refractivity contribution is 0.313. The Balaban J connectivity index is 1.51. The predicted molar refractivity (Wildman–Crippen MR) is 122 cm³/mol. The van der Waals surface area contributed by atoms with Gasteiger partial charge in [-0.2, -0.15) is 0 Å². The molecule has 0 saturated carbocycles. The van der Waals surface area contributed by atoms with Crippen molar-refractivity contribution in [3.8, 4) is 5.75 Å². The van der Waals surface area contributed by atoms with Gasteiger partial charge in [0.25, 0.3) is 0 Å². The lowest BCUT2D eigenvalue weighted by atomic mass is 10.1. The minimum Gasteiger partial charge on any atom is -0.492 e. The van der Waals surface area contributed by atoms with Crippen molar-refractivity contribution >= 4 is 15.7 Å². The molecule has 0 spiro atoms.